The van der Waals surface area contributed by atoms with Crippen LogP contribution in [-0.2, 0) is 20.2 Å². The van der Waals surface area contributed by atoms with E-state index in [2.05, 4.69) is 5.32 Å². The van der Waals surface area contributed by atoms with Crippen molar-refractivity contribution in [2.24, 2.45) is 0 Å². The second-order valence-corrected chi connectivity index (χ2v) is 8.05. The summed E-state index contributed by atoms with van der Waals surface area (Å²) in [5, 5.41) is 3.41. The Kier molecular flexibility index (Phi) is 3.44. The minimum absolute atomic E-state index is 0.181. The molecule has 0 spiro atoms. The van der Waals surface area contributed by atoms with E-state index in [1.165, 1.54) is 0 Å². The van der Waals surface area contributed by atoms with Gasteiger partial charge in [-0.1, -0.05) is 18.2 Å². The third kappa shape index (κ3) is 2.70. The molecule has 3 amide bonds. The molecule has 1 aromatic heterocycles. The van der Waals surface area contributed by atoms with Crippen molar-refractivity contribution in [1.29, 1.82) is 0 Å². The summed E-state index contributed by atoms with van der Waals surface area (Å²) >= 11 is 0. The van der Waals surface area contributed by atoms with Crippen LogP contribution in [0.15, 0.2) is 34.7 Å². The predicted molar refractivity (Wildman–Crippen MR) is 83.5 cm³/mol. The first-order valence-electron chi connectivity index (χ1n) is 7.01. The smallest absolute Gasteiger partial charge is 0.325 e. The maximum Gasteiger partial charge on any atom is 0.325 e. The van der Waals surface area contributed by atoms with Gasteiger partial charge in [0, 0.05) is 18.2 Å². The summed E-state index contributed by atoms with van der Waals surface area (Å²) in [6.45, 7) is 1.37. The summed E-state index contributed by atoms with van der Waals surface area (Å²) in [4.78, 5) is 25.6. The van der Waals surface area contributed by atoms with Gasteiger partial charge in [-0.05, 0) is 19.1 Å². The summed E-state index contributed by atoms with van der Waals surface area (Å²) in [5.41, 5.74) is -0.728. The lowest BCUT2D eigenvalue weighted by molar-refractivity contribution is -0.131. The first-order valence-corrected chi connectivity index (χ1v) is 9.08. The number of nitrogens with zero attached hydrogens (tertiary/aromatic N) is 1. The largest absolute Gasteiger partial charge is 0.458 e. The normalized spacial score (nSPS) is 21.9. The maximum atomic E-state index is 12.6. The molecule has 8 heteroatoms. The average Bonchev–Trinajstić information content (AvgIpc) is 2.98. The zero-order chi connectivity index (χ0) is 16.8. The van der Waals surface area contributed by atoms with E-state index in [1.54, 1.807) is 19.1 Å². The summed E-state index contributed by atoms with van der Waals surface area (Å²) in [7, 11) is -3.28. The highest BCUT2D eigenvalue weighted by molar-refractivity contribution is 7.90. The van der Waals surface area contributed by atoms with Gasteiger partial charge >= 0.3 is 6.03 Å². The minimum Gasteiger partial charge on any atom is -0.458 e. The Labute approximate surface area is 133 Å². The molecule has 1 aromatic carbocycles. The topological polar surface area (TPSA) is 96.7 Å². The molecule has 3 rings (SSSR count). The van der Waals surface area contributed by atoms with Crippen LogP contribution in [-0.4, -0.2) is 43.8 Å². The quantitative estimate of drug-likeness (QED) is 0.848. The van der Waals surface area contributed by atoms with E-state index in [1.807, 2.05) is 18.2 Å². The van der Waals surface area contributed by atoms with Crippen LogP contribution in [0.3, 0.4) is 0 Å². The highest BCUT2D eigenvalue weighted by Crippen LogP contribution is 2.32. The lowest BCUT2D eigenvalue weighted by Crippen LogP contribution is -2.41. The van der Waals surface area contributed by atoms with Gasteiger partial charge in [0.25, 0.3) is 5.91 Å². The van der Waals surface area contributed by atoms with Gasteiger partial charge in [-0.3, -0.25) is 9.69 Å². The number of para-hydroxylation sites is 1. The predicted octanol–water partition coefficient (Wildman–Crippen LogP) is 1.24. The molecule has 1 aliphatic rings. The van der Waals surface area contributed by atoms with E-state index in [9.17, 15) is 18.0 Å². The van der Waals surface area contributed by atoms with Crippen LogP contribution in [0.2, 0.25) is 0 Å². The van der Waals surface area contributed by atoms with E-state index < -0.39 is 27.3 Å². The van der Waals surface area contributed by atoms with Crippen molar-refractivity contribution in [3.05, 3.63) is 36.1 Å². The number of rotatable bonds is 4. The van der Waals surface area contributed by atoms with Crippen molar-refractivity contribution in [1.82, 2.24) is 10.2 Å². The minimum atomic E-state index is -3.28. The van der Waals surface area contributed by atoms with E-state index in [-0.39, 0.29) is 12.3 Å². The van der Waals surface area contributed by atoms with Gasteiger partial charge in [0.1, 0.15) is 21.2 Å². The summed E-state index contributed by atoms with van der Waals surface area (Å²) in [5.74, 6) is -0.480. The molecular formula is C15H16N2O5S. The first kappa shape index (κ1) is 15.5. The number of amides is 3. The fourth-order valence-corrected chi connectivity index (χ4v) is 3.07. The Morgan fingerprint density at radius 3 is 2.61 bits per heavy atom. The standard InChI is InChI=1S/C15H16N2O5S/c1-15(12-9-10-5-3-4-6-11(10)22-12)13(18)17(14(19)16-15)7-8-23(2,20)21/h3-6,9H,7-8H2,1-2H3,(H,16,19). The molecule has 1 fully saturated rings. The molecule has 122 valence electrons. The molecular weight excluding hydrogens is 320 g/mol. The van der Waals surface area contributed by atoms with Crippen LogP contribution in [0.4, 0.5) is 4.79 Å². The maximum absolute atomic E-state index is 12.6. The van der Waals surface area contributed by atoms with Gasteiger partial charge in [-0.15, -0.1) is 0 Å². The van der Waals surface area contributed by atoms with E-state index in [0.717, 1.165) is 16.5 Å². The molecule has 7 nitrogen and oxygen atoms in total. The monoisotopic (exact) mass is 336 g/mol. The Bertz CT molecular complexity index is 868. The van der Waals surface area contributed by atoms with Crippen molar-refractivity contribution in [2.75, 3.05) is 18.6 Å². The van der Waals surface area contributed by atoms with Gasteiger partial charge in [0.15, 0.2) is 5.54 Å². The molecule has 2 aromatic rings. The van der Waals surface area contributed by atoms with Crippen molar-refractivity contribution in [3.63, 3.8) is 0 Å². The SMILES string of the molecule is CC1(c2cc3ccccc3o2)NC(=O)N(CCS(C)(=O)=O)C1=O. The van der Waals surface area contributed by atoms with Crippen LogP contribution >= 0.6 is 0 Å². The fourth-order valence-electron chi connectivity index (χ4n) is 2.55. The van der Waals surface area contributed by atoms with Crippen molar-refractivity contribution in [3.8, 4) is 0 Å². The molecule has 23 heavy (non-hydrogen) atoms. The van der Waals surface area contributed by atoms with Gasteiger partial charge in [-0.2, -0.15) is 0 Å². The second kappa shape index (κ2) is 5.09. The number of hydrogen-bond donors (Lipinski definition) is 1. The number of hydrogen-bond acceptors (Lipinski definition) is 5. The number of nitrogens with one attached hydrogen (secondary N) is 1. The number of benzene rings is 1. The lowest BCUT2D eigenvalue weighted by Gasteiger charge is -2.18. The van der Waals surface area contributed by atoms with Gasteiger partial charge in [0.05, 0.1) is 5.75 Å². The highest BCUT2D eigenvalue weighted by atomic mass is 32.2. The molecule has 0 aliphatic carbocycles. The van der Waals surface area contributed by atoms with Crippen LogP contribution < -0.4 is 5.32 Å². The molecule has 2 heterocycles. The van der Waals surface area contributed by atoms with Crippen LogP contribution in [0, 0.1) is 0 Å². The van der Waals surface area contributed by atoms with Gasteiger partial charge in [-0.25, -0.2) is 13.2 Å². The number of carbonyl (C=O) groups excluding carboxylic acids is 2. The number of carbonyl (C=O) groups is 2. The van der Waals surface area contributed by atoms with Crippen molar-refractivity contribution in [2.45, 2.75) is 12.5 Å². The molecule has 1 N–H and O–H groups in total. The Morgan fingerprint density at radius 1 is 1.26 bits per heavy atom. The molecule has 1 unspecified atom stereocenters. The number of imide groups is 1. The average molecular weight is 336 g/mol. The first-order chi connectivity index (χ1) is 10.7. The highest BCUT2D eigenvalue weighted by Gasteiger charge is 2.51. The van der Waals surface area contributed by atoms with Crippen LogP contribution in [0.25, 0.3) is 11.0 Å². The zero-order valence-electron chi connectivity index (χ0n) is 12.7. The van der Waals surface area contributed by atoms with Crippen LogP contribution in [0.1, 0.15) is 12.7 Å². The molecule has 1 atom stereocenters. The lowest BCUT2D eigenvalue weighted by atomic mass is 9.99. The molecule has 1 saturated heterocycles. The Balaban J connectivity index is 1.93. The third-order valence-electron chi connectivity index (χ3n) is 3.88. The number of furan rings is 1. The Morgan fingerprint density at radius 2 is 1.96 bits per heavy atom. The molecule has 1 aliphatic heterocycles. The Hall–Kier alpha value is -2.35. The summed E-state index contributed by atoms with van der Waals surface area (Å²) in [6.07, 6.45) is 1.06. The third-order valence-corrected chi connectivity index (χ3v) is 4.80. The van der Waals surface area contributed by atoms with Crippen LogP contribution in [0.5, 0.6) is 0 Å². The zero-order valence-corrected chi connectivity index (χ0v) is 13.5. The van der Waals surface area contributed by atoms with E-state index in [0.29, 0.717) is 11.3 Å². The second-order valence-electron chi connectivity index (χ2n) is 5.79. The van der Waals surface area contributed by atoms with Gasteiger partial charge < -0.3 is 9.73 Å². The van der Waals surface area contributed by atoms with Crippen molar-refractivity contribution < 1.29 is 22.4 Å². The summed E-state index contributed by atoms with van der Waals surface area (Å²) in [6, 6.07) is 8.34. The number of fused-ring (bicyclic) bond motifs is 1. The molecule has 0 saturated carbocycles. The fraction of sp³-hybridized carbons (Fsp3) is 0.333. The van der Waals surface area contributed by atoms with E-state index >= 15 is 0 Å². The number of urea groups is 1. The summed E-state index contributed by atoms with van der Waals surface area (Å²) < 4.78 is 28.2. The number of sulfone groups is 1. The molecule has 0 bridgehead atoms. The van der Waals surface area contributed by atoms with Crippen molar-refractivity contribution >= 4 is 32.7 Å². The van der Waals surface area contributed by atoms with Gasteiger partial charge in [0.2, 0.25) is 0 Å². The van der Waals surface area contributed by atoms with E-state index in [4.69, 9.17) is 4.42 Å². The molecule has 0 radical (unpaired) electrons.